The van der Waals surface area contributed by atoms with Crippen molar-refractivity contribution >= 4 is 27.7 Å². The molecule has 1 saturated heterocycles. The van der Waals surface area contributed by atoms with Gasteiger partial charge in [0.25, 0.3) is 10.1 Å². The van der Waals surface area contributed by atoms with Crippen molar-refractivity contribution in [3.8, 4) is 0 Å². The summed E-state index contributed by atoms with van der Waals surface area (Å²) in [6.45, 7) is 2.06. The predicted octanol–water partition coefficient (Wildman–Crippen LogP) is 2.16. The first-order valence-corrected chi connectivity index (χ1v) is 8.65. The van der Waals surface area contributed by atoms with Crippen molar-refractivity contribution in [3.63, 3.8) is 0 Å². The molecule has 0 spiro atoms. The highest BCUT2D eigenvalue weighted by atomic mass is 35.5. The Bertz CT molecular complexity index is 624. The van der Waals surface area contributed by atoms with Gasteiger partial charge in [-0.2, -0.15) is 8.42 Å². The van der Waals surface area contributed by atoms with Crippen molar-refractivity contribution in [1.29, 1.82) is 0 Å². The molecule has 0 bridgehead atoms. The van der Waals surface area contributed by atoms with Gasteiger partial charge in [0, 0.05) is 6.61 Å². The quantitative estimate of drug-likeness (QED) is 0.579. The fraction of sp³-hybridized carbons (Fsp3) is 0.500. The van der Waals surface area contributed by atoms with Gasteiger partial charge in [-0.1, -0.05) is 23.7 Å². The van der Waals surface area contributed by atoms with Crippen LogP contribution in [-0.2, 0) is 28.6 Å². The van der Waals surface area contributed by atoms with Gasteiger partial charge in [0.2, 0.25) is 0 Å². The molecule has 1 fully saturated rings. The largest absolute Gasteiger partial charge is 0.461 e. The second kappa shape index (κ2) is 7.41. The molecular formula is C14H17ClO6S. The molecule has 0 aromatic heterocycles. The lowest BCUT2D eigenvalue weighted by Crippen LogP contribution is -2.29. The van der Waals surface area contributed by atoms with Gasteiger partial charge in [-0.25, -0.2) is 4.79 Å². The van der Waals surface area contributed by atoms with Crippen LogP contribution in [0.15, 0.2) is 29.2 Å². The molecule has 2 unspecified atom stereocenters. The van der Waals surface area contributed by atoms with Crippen molar-refractivity contribution in [2.75, 3.05) is 13.2 Å². The summed E-state index contributed by atoms with van der Waals surface area (Å²) in [6, 6.07) is 5.85. The molecule has 0 amide bonds. The van der Waals surface area contributed by atoms with Crippen molar-refractivity contribution in [2.45, 2.75) is 36.9 Å². The Morgan fingerprint density at radius 3 is 2.82 bits per heavy atom. The lowest BCUT2D eigenvalue weighted by molar-refractivity contribution is -0.154. The Labute approximate surface area is 134 Å². The summed E-state index contributed by atoms with van der Waals surface area (Å²) in [5, 5.41) is 0.0300. The molecule has 0 radical (unpaired) electrons. The van der Waals surface area contributed by atoms with Crippen molar-refractivity contribution < 1.29 is 26.9 Å². The average Bonchev–Trinajstić information content (AvgIpc) is 2.97. The van der Waals surface area contributed by atoms with E-state index in [1.165, 1.54) is 25.1 Å². The molecule has 1 aromatic rings. The molecule has 2 atom stereocenters. The summed E-state index contributed by atoms with van der Waals surface area (Å²) in [5.74, 6) is -0.758. The summed E-state index contributed by atoms with van der Waals surface area (Å²) >= 11 is 5.83. The standard InChI is InChI=1S/C14H17ClO6S/c1-10(14(16)20-9-11-5-4-8-19-11)21-22(17,18)13-7-3-2-6-12(13)15/h2-3,6-7,10-11H,4-5,8-9H2,1H3. The SMILES string of the molecule is CC(OS(=O)(=O)c1ccccc1Cl)C(=O)OCC1CCCO1. The van der Waals surface area contributed by atoms with Gasteiger partial charge >= 0.3 is 5.97 Å². The Balaban J connectivity index is 1.93. The zero-order chi connectivity index (χ0) is 16.2. The molecule has 1 aliphatic heterocycles. The first-order valence-electron chi connectivity index (χ1n) is 6.86. The maximum Gasteiger partial charge on any atom is 0.336 e. The Morgan fingerprint density at radius 2 is 2.18 bits per heavy atom. The zero-order valence-electron chi connectivity index (χ0n) is 12.0. The van der Waals surface area contributed by atoms with E-state index in [0.29, 0.717) is 6.61 Å². The number of esters is 1. The number of hydrogen-bond acceptors (Lipinski definition) is 6. The first-order chi connectivity index (χ1) is 10.4. The molecule has 1 heterocycles. The molecule has 0 N–H and O–H groups in total. The monoisotopic (exact) mass is 348 g/mol. The number of rotatable bonds is 6. The molecular weight excluding hydrogens is 332 g/mol. The second-order valence-electron chi connectivity index (χ2n) is 4.89. The molecule has 22 heavy (non-hydrogen) atoms. The van der Waals surface area contributed by atoms with Crippen LogP contribution < -0.4 is 0 Å². The van der Waals surface area contributed by atoms with Gasteiger partial charge in [-0.15, -0.1) is 0 Å². The van der Waals surface area contributed by atoms with Crippen LogP contribution in [0.2, 0.25) is 5.02 Å². The number of benzene rings is 1. The topological polar surface area (TPSA) is 78.9 Å². The highest BCUT2D eigenvalue weighted by molar-refractivity contribution is 7.87. The normalized spacial score (nSPS) is 19.8. The van der Waals surface area contributed by atoms with Gasteiger partial charge < -0.3 is 9.47 Å². The lowest BCUT2D eigenvalue weighted by atomic mass is 10.2. The number of carbonyl (C=O) groups excluding carboxylic acids is 1. The minimum atomic E-state index is -4.14. The van der Waals surface area contributed by atoms with E-state index < -0.39 is 22.2 Å². The highest BCUT2D eigenvalue weighted by Gasteiger charge is 2.27. The summed E-state index contributed by atoms with van der Waals surface area (Å²) in [5.41, 5.74) is 0. The molecule has 122 valence electrons. The average molecular weight is 349 g/mol. The Hall–Kier alpha value is -1.15. The third-order valence-corrected chi connectivity index (χ3v) is 5.02. The maximum atomic E-state index is 12.1. The van der Waals surface area contributed by atoms with Crippen LogP contribution in [0.3, 0.4) is 0 Å². The summed E-state index contributed by atoms with van der Waals surface area (Å²) in [4.78, 5) is 11.6. The molecule has 0 saturated carbocycles. The summed E-state index contributed by atoms with van der Waals surface area (Å²) in [7, 11) is -4.14. The molecule has 6 nitrogen and oxygen atoms in total. The van der Waals surface area contributed by atoms with Crippen molar-refractivity contribution in [1.82, 2.24) is 0 Å². The number of hydrogen-bond donors (Lipinski definition) is 0. The Kier molecular flexibility index (Phi) is 5.80. The predicted molar refractivity (Wildman–Crippen MR) is 79.1 cm³/mol. The van der Waals surface area contributed by atoms with Crippen LogP contribution in [0.4, 0.5) is 0 Å². The van der Waals surface area contributed by atoms with E-state index in [9.17, 15) is 13.2 Å². The van der Waals surface area contributed by atoms with E-state index in [1.807, 2.05) is 0 Å². The van der Waals surface area contributed by atoms with Gasteiger partial charge in [-0.05, 0) is 31.9 Å². The third-order valence-electron chi connectivity index (χ3n) is 3.14. The molecule has 1 aromatic carbocycles. The van der Waals surface area contributed by atoms with Crippen LogP contribution in [0.1, 0.15) is 19.8 Å². The van der Waals surface area contributed by atoms with Crippen molar-refractivity contribution in [2.24, 2.45) is 0 Å². The van der Waals surface area contributed by atoms with Crippen LogP contribution in [0, 0.1) is 0 Å². The van der Waals surface area contributed by atoms with E-state index in [2.05, 4.69) is 0 Å². The zero-order valence-corrected chi connectivity index (χ0v) is 13.6. The molecule has 1 aliphatic rings. The van der Waals surface area contributed by atoms with Gasteiger partial charge in [-0.3, -0.25) is 4.18 Å². The molecule has 8 heteroatoms. The van der Waals surface area contributed by atoms with Crippen LogP contribution in [0.25, 0.3) is 0 Å². The van der Waals surface area contributed by atoms with E-state index >= 15 is 0 Å². The lowest BCUT2D eigenvalue weighted by Gasteiger charge is -2.15. The van der Waals surface area contributed by atoms with E-state index in [4.69, 9.17) is 25.3 Å². The number of ether oxygens (including phenoxy) is 2. The second-order valence-corrected chi connectivity index (χ2v) is 6.84. The van der Waals surface area contributed by atoms with E-state index in [1.54, 1.807) is 6.07 Å². The minimum absolute atomic E-state index is 0.0300. The van der Waals surface area contributed by atoms with Gasteiger partial charge in [0.05, 0.1) is 11.1 Å². The maximum absolute atomic E-state index is 12.1. The van der Waals surface area contributed by atoms with Gasteiger partial charge in [0.15, 0.2) is 6.10 Å². The summed E-state index contributed by atoms with van der Waals surface area (Å²) in [6.07, 6.45) is 0.356. The minimum Gasteiger partial charge on any atom is -0.461 e. The fourth-order valence-corrected chi connectivity index (χ4v) is 3.53. The first kappa shape index (κ1) is 17.2. The third kappa shape index (κ3) is 4.42. The number of carbonyl (C=O) groups is 1. The fourth-order valence-electron chi connectivity index (χ4n) is 2.00. The van der Waals surface area contributed by atoms with E-state index in [-0.39, 0.29) is 22.6 Å². The van der Waals surface area contributed by atoms with Crippen molar-refractivity contribution in [3.05, 3.63) is 29.3 Å². The van der Waals surface area contributed by atoms with E-state index in [0.717, 1.165) is 12.8 Å². The smallest absolute Gasteiger partial charge is 0.336 e. The molecule has 2 rings (SSSR count). The van der Waals surface area contributed by atoms with Crippen LogP contribution in [-0.4, -0.2) is 39.8 Å². The molecule has 0 aliphatic carbocycles. The summed E-state index contributed by atoms with van der Waals surface area (Å²) < 4.78 is 39.4. The number of halogens is 1. The highest BCUT2D eigenvalue weighted by Crippen LogP contribution is 2.23. The van der Waals surface area contributed by atoms with Gasteiger partial charge in [0.1, 0.15) is 11.5 Å². The Morgan fingerprint density at radius 1 is 1.45 bits per heavy atom. The van der Waals surface area contributed by atoms with Crippen LogP contribution in [0.5, 0.6) is 0 Å². The van der Waals surface area contributed by atoms with Crippen LogP contribution >= 0.6 is 11.6 Å².